The molecule has 8 nitrogen and oxygen atoms in total. The predicted molar refractivity (Wildman–Crippen MR) is 113 cm³/mol. The number of thioether (sulfide) groups is 1. The van der Waals surface area contributed by atoms with Crippen molar-refractivity contribution in [1.29, 1.82) is 0 Å². The van der Waals surface area contributed by atoms with Crippen molar-refractivity contribution in [2.75, 3.05) is 11.9 Å². The zero-order valence-corrected chi connectivity index (χ0v) is 16.6. The van der Waals surface area contributed by atoms with E-state index in [1.54, 1.807) is 42.9 Å². The molecule has 2 N–H and O–H groups in total. The Hall–Kier alpha value is -3.72. The summed E-state index contributed by atoms with van der Waals surface area (Å²) in [7, 11) is 0. The highest BCUT2D eigenvalue weighted by Crippen LogP contribution is 2.30. The van der Waals surface area contributed by atoms with Crippen LogP contribution >= 0.6 is 11.8 Å². The Kier molecular flexibility index (Phi) is 6.00. The minimum absolute atomic E-state index is 0.175. The van der Waals surface area contributed by atoms with Crippen molar-refractivity contribution in [1.82, 2.24) is 20.3 Å². The molecule has 3 heterocycles. The first-order valence-electron chi connectivity index (χ1n) is 9.09. The molecule has 0 saturated carbocycles. The molecular formula is C21H17N5O3S. The summed E-state index contributed by atoms with van der Waals surface area (Å²) < 4.78 is 5.79. The van der Waals surface area contributed by atoms with E-state index < -0.39 is 5.91 Å². The largest absolute Gasteiger partial charge is 0.451 e. The number of anilines is 1. The average molecular weight is 419 g/mol. The van der Waals surface area contributed by atoms with Crippen LogP contribution in [0.2, 0.25) is 0 Å². The minimum Gasteiger partial charge on any atom is -0.451 e. The molecule has 4 rings (SSSR count). The van der Waals surface area contributed by atoms with E-state index in [4.69, 9.17) is 4.42 Å². The number of para-hydroxylation sites is 1. The van der Waals surface area contributed by atoms with Crippen LogP contribution in [-0.4, -0.2) is 33.3 Å². The number of furan rings is 1. The molecule has 9 heteroatoms. The van der Waals surface area contributed by atoms with Gasteiger partial charge in [-0.15, -0.1) is 0 Å². The molecule has 0 bridgehead atoms. The van der Waals surface area contributed by atoms with Crippen LogP contribution in [0.15, 0.2) is 76.8 Å². The van der Waals surface area contributed by atoms with Crippen molar-refractivity contribution in [3.8, 4) is 0 Å². The molecule has 150 valence electrons. The molecule has 1 aromatic carbocycles. The Morgan fingerprint density at radius 2 is 1.83 bits per heavy atom. The molecule has 0 aliphatic carbocycles. The number of fused-ring (bicyclic) bond motifs is 1. The van der Waals surface area contributed by atoms with Gasteiger partial charge in [0.2, 0.25) is 5.91 Å². The predicted octanol–water partition coefficient (Wildman–Crippen LogP) is 3.28. The Morgan fingerprint density at radius 3 is 2.63 bits per heavy atom. The third-order valence-electron chi connectivity index (χ3n) is 4.15. The van der Waals surface area contributed by atoms with Crippen molar-refractivity contribution in [2.24, 2.45) is 0 Å². The fraction of sp³-hybridized carbons (Fsp3) is 0.0952. The first kappa shape index (κ1) is 19.6. The van der Waals surface area contributed by atoms with E-state index in [1.807, 2.05) is 18.2 Å². The number of amides is 2. The van der Waals surface area contributed by atoms with Crippen molar-refractivity contribution in [3.05, 3.63) is 78.6 Å². The van der Waals surface area contributed by atoms with Crippen LogP contribution in [0, 0.1) is 0 Å². The number of carbonyl (C=O) groups excluding carboxylic acids is 2. The van der Waals surface area contributed by atoms with Gasteiger partial charge in [-0.25, -0.2) is 9.97 Å². The Bertz CT molecular complexity index is 1170. The fourth-order valence-electron chi connectivity index (χ4n) is 2.80. The van der Waals surface area contributed by atoms with Crippen LogP contribution in [0.1, 0.15) is 16.1 Å². The third-order valence-corrected chi connectivity index (χ3v) is 5.05. The topological polar surface area (TPSA) is 110 Å². The van der Waals surface area contributed by atoms with Gasteiger partial charge < -0.3 is 15.1 Å². The van der Waals surface area contributed by atoms with Crippen molar-refractivity contribution in [3.63, 3.8) is 0 Å². The summed E-state index contributed by atoms with van der Waals surface area (Å²) in [5.74, 6) is -0.196. The molecule has 0 aliphatic heterocycles. The maximum Gasteiger partial charge on any atom is 0.287 e. The molecule has 3 aromatic heterocycles. The summed E-state index contributed by atoms with van der Waals surface area (Å²) in [6.07, 6.45) is 6.47. The molecule has 0 aliphatic rings. The van der Waals surface area contributed by atoms with Gasteiger partial charge in [-0.1, -0.05) is 30.0 Å². The molecule has 30 heavy (non-hydrogen) atoms. The lowest BCUT2D eigenvalue weighted by Crippen LogP contribution is -2.33. The lowest BCUT2D eigenvalue weighted by atomic mass is 10.1. The molecule has 0 fully saturated rings. The highest BCUT2D eigenvalue weighted by atomic mass is 32.2. The molecule has 0 unspecified atom stereocenters. The minimum atomic E-state index is -0.461. The van der Waals surface area contributed by atoms with Gasteiger partial charge in [0.15, 0.2) is 10.9 Å². The lowest BCUT2D eigenvalue weighted by Gasteiger charge is -2.07. The number of aromatic nitrogens is 3. The van der Waals surface area contributed by atoms with Crippen LogP contribution in [0.25, 0.3) is 11.0 Å². The molecule has 0 atom stereocenters. The maximum absolute atomic E-state index is 12.8. The second-order valence-corrected chi connectivity index (χ2v) is 7.14. The summed E-state index contributed by atoms with van der Waals surface area (Å²) in [5.41, 5.74) is 1.89. The van der Waals surface area contributed by atoms with E-state index in [0.29, 0.717) is 22.2 Å². The lowest BCUT2D eigenvalue weighted by molar-refractivity contribution is -0.115. The monoisotopic (exact) mass is 419 g/mol. The maximum atomic E-state index is 12.8. The number of nitrogens with zero attached hydrogens (tertiary/aromatic N) is 3. The first-order valence-corrected chi connectivity index (χ1v) is 10.1. The second kappa shape index (κ2) is 9.19. The quantitative estimate of drug-likeness (QED) is 0.349. The van der Waals surface area contributed by atoms with Gasteiger partial charge in [-0.05, 0) is 24.3 Å². The van der Waals surface area contributed by atoms with Gasteiger partial charge >= 0.3 is 0 Å². The molecule has 4 aromatic rings. The van der Waals surface area contributed by atoms with E-state index >= 15 is 0 Å². The standard InChI is InChI=1S/C21H17N5O3S/c27-18(26-14-5-3-8-22-11-14)12-25-20(28)19-16(13-30-21-23-9-4-10-24-21)15-6-1-2-7-17(15)29-19/h1-11H,12-13H2,(H,25,28)(H,26,27). The first-order chi connectivity index (χ1) is 14.7. The number of hydrogen-bond donors (Lipinski definition) is 2. The van der Waals surface area contributed by atoms with E-state index in [0.717, 1.165) is 10.9 Å². The number of pyridine rings is 1. The number of rotatable bonds is 7. The summed E-state index contributed by atoms with van der Waals surface area (Å²) in [6.45, 7) is -0.195. The number of hydrogen-bond acceptors (Lipinski definition) is 7. The highest BCUT2D eigenvalue weighted by Gasteiger charge is 2.21. The van der Waals surface area contributed by atoms with E-state index in [2.05, 4.69) is 25.6 Å². The average Bonchev–Trinajstić information content (AvgIpc) is 3.16. The SMILES string of the molecule is O=C(CNC(=O)c1oc2ccccc2c1CSc1ncccn1)Nc1cccnc1. The molecule has 0 radical (unpaired) electrons. The Morgan fingerprint density at radius 1 is 1.00 bits per heavy atom. The molecular weight excluding hydrogens is 402 g/mol. The summed E-state index contributed by atoms with van der Waals surface area (Å²) in [4.78, 5) is 37.2. The van der Waals surface area contributed by atoms with Crippen LogP contribution < -0.4 is 10.6 Å². The molecule has 2 amide bonds. The number of benzene rings is 1. The van der Waals surface area contributed by atoms with E-state index in [1.165, 1.54) is 18.0 Å². The normalized spacial score (nSPS) is 10.7. The molecule has 0 saturated heterocycles. The number of nitrogens with one attached hydrogen (secondary N) is 2. The van der Waals surface area contributed by atoms with Gasteiger partial charge in [0, 0.05) is 35.3 Å². The van der Waals surface area contributed by atoms with Crippen LogP contribution in [-0.2, 0) is 10.5 Å². The van der Waals surface area contributed by atoms with E-state index in [9.17, 15) is 9.59 Å². The highest BCUT2D eigenvalue weighted by molar-refractivity contribution is 7.98. The zero-order valence-electron chi connectivity index (χ0n) is 15.7. The summed E-state index contributed by atoms with van der Waals surface area (Å²) in [6, 6.07) is 12.6. The van der Waals surface area contributed by atoms with E-state index in [-0.39, 0.29) is 18.2 Å². The fourth-order valence-corrected chi connectivity index (χ4v) is 3.64. The van der Waals surface area contributed by atoms with Crippen LogP contribution in [0.5, 0.6) is 0 Å². The van der Waals surface area contributed by atoms with Gasteiger partial charge in [0.25, 0.3) is 5.91 Å². The van der Waals surface area contributed by atoms with Gasteiger partial charge in [-0.2, -0.15) is 0 Å². The van der Waals surface area contributed by atoms with Gasteiger partial charge in [0.1, 0.15) is 5.58 Å². The molecule has 0 spiro atoms. The number of carbonyl (C=O) groups is 2. The van der Waals surface area contributed by atoms with Crippen molar-refractivity contribution >= 4 is 40.2 Å². The summed E-state index contributed by atoms with van der Waals surface area (Å²) in [5, 5.41) is 6.72. The van der Waals surface area contributed by atoms with Crippen LogP contribution in [0.4, 0.5) is 5.69 Å². The summed E-state index contributed by atoms with van der Waals surface area (Å²) >= 11 is 1.40. The zero-order chi connectivity index (χ0) is 20.8. The van der Waals surface area contributed by atoms with Gasteiger partial charge in [-0.3, -0.25) is 14.6 Å². The van der Waals surface area contributed by atoms with Crippen LogP contribution in [0.3, 0.4) is 0 Å². The van der Waals surface area contributed by atoms with Gasteiger partial charge in [0.05, 0.1) is 18.4 Å². The van der Waals surface area contributed by atoms with Crippen molar-refractivity contribution in [2.45, 2.75) is 10.9 Å². The smallest absolute Gasteiger partial charge is 0.287 e. The van der Waals surface area contributed by atoms with Crippen molar-refractivity contribution < 1.29 is 14.0 Å². The second-order valence-electron chi connectivity index (χ2n) is 6.20. The third kappa shape index (κ3) is 4.64. The Labute approximate surface area is 176 Å². The Balaban J connectivity index is 1.48.